The number of hydrogen-bond acceptors (Lipinski definition) is 8. The van der Waals surface area contributed by atoms with Gasteiger partial charge in [0.15, 0.2) is 0 Å². The lowest BCUT2D eigenvalue weighted by Crippen LogP contribution is -2.61. The number of carbonyl (C=O) groups excluding carboxylic acids is 4. The van der Waals surface area contributed by atoms with Crippen molar-refractivity contribution in [3.05, 3.63) is 59.2 Å². The fourth-order valence-corrected chi connectivity index (χ4v) is 6.63. The van der Waals surface area contributed by atoms with Crippen molar-refractivity contribution >= 4 is 52.8 Å². The van der Waals surface area contributed by atoms with Crippen molar-refractivity contribution in [1.29, 1.82) is 0 Å². The first-order chi connectivity index (χ1) is 15.2. The number of Topliss-reactive ketones (excluding diaryl/α,β-unsaturated/α-hetero) is 1. The van der Waals surface area contributed by atoms with Crippen LogP contribution in [0.15, 0.2) is 42.5 Å². The summed E-state index contributed by atoms with van der Waals surface area (Å²) in [5, 5.41) is 12.7. The number of thioether (sulfide) groups is 2. The number of anilines is 1. The number of nitrogens with one attached hydrogen (secondary N) is 1. The molecule has 2 fully saturated rings. The number of hydrogen-bond donors (Lipinski definition) is 2. The molecule has 0 bridgehead atoms. The minimum atomic E-state index is -1.62. The van der Waals surface area contributed by atoms with Gasteiger partial charge < -0.3 is 10.4 Å². The average Bonchev–Trinajstić information content (AvgIpc) is 3.34. The molecule has 1 spiro atoms. The fourth-order valence-electron chi connectivity index (χ4n) is 4.29. The summed E-state index contributed by atoms with van der Waals surface area (Å²) in [7, 11) is 0. The Labute approximate surface area is 192 Å². The molecule has 2 N–H and O–H groups in total. The Morgan fingerprint density at radius 3 is 2.38 bits per heavy atom. The Balaban J connectivity index is 1.56. The van der Waals surface area contributed by atoms with Crippen LogP contribution < -0.4 is 5.32 Å². The molecule has 2 atom stereocenters. The number of phenols is 1. The van der Waals surface area contributed by atoms with E-state index in [1.54, 1.807) is 37.3 Å². The van der Waals surface area contributed by atoms with Crippen LogP contribution in [0.5, 0.6) is 5.75 Å². The van der Waals surface area contributed by atoms with Crippen molar-refractivity contribution in [2.24, 2.45) is 0 Å². The number of benzene rings is 2. The minimum absolute atomic E-state index is 0.0477. The third-order valence-electron chi connectivity index (χ3n) is 5.94. The number of nitrogens with zero attached hydrogens (tertiary/aromatic N) is 2. The summed E-state index contributed by atoms with van der Waals surface area (Å²) >= 11 is 2.30. The number of carbonyl (C=O) groups is 4. The van der Waals surface area contributed by atoms with Crippen LogP contribution in [0.4, 0.5) is 10.5 Å². The summed E-state index contributed by atoms with van der Waals surface area (Å²) in [6, 6.07) is 10.7. The van der Waals surface area contributed by atoms with E-state index in [9.17, 15) is 24.3 Å². The van der Waals surface area contributed by atoms with Crippen LogP contribution in [0.1, 0.15) is 28.4 Å². The Morgan fingerprint density at radius 2 is 1.66 bits per heavy atom. The number of aromatic hydroxyl groups is 1. The van der Waals surface area contributed by atoms with Crippen LogP contribution >= 0.6 is 23.5 Å². The summed E-state index contributed by atoms with van der Waals surface area (Å²) < 4.78 is 0. The highest BCUT2D eigenvalue weighted by Crippen LogP contribution is 2.50. The van der Waals surface area contributed by atoms with E-state index in [1.165, 1.54) is 23.9 Å². The van der Waals surface area contributed by atoms with E-state index < -0.39 is 27.7 Å². The van der Waals surface area contributed by atoms with Crippen LogP contribution in [-0.2, 0) is 14.5 Å². The lowest BCUT2D eigenvalue weighted by atomic mass is 10.1. The molecule has 0 aromatic heterocycles. The highest BCUT2D eigenvalue weighted by Gasteiger charge is 2.62. The lowest BCUT2D eigenvalue weighted by Gasteiger charge is -2.38. The molecule has 0 radical (unpaired) electrons. The fraction of sp³-hybridized carbons (Fsp3) is 0.273. The first kappa shape index (κ1) is 20.9. The summed E-state index contributed by atoms with van der Waals surface area (Å²) in [5.74, 6) is -1.34. The molecule has 3 aliphatic heterocycles. The van der Waals surface area contributed by atoms with E-state index in [0.29, 0.717) is 16.8 Å². The molecular weight excluding hydrogens is 450 g/mol. The van der Waals surface area contributed by atoms with Gasteiger partial charge in [-0.05, 0) is 49.2 Å². The number of imide groups is 2. The minimum Gasteiger partial charge on any atom is -0.508 e. The topological polar surface area (TPSA) is 107 Å². The molecule has 32 heavy (non-hydrogen) atoms. The standard InChI is InChI=1S/C22H19N3O5S2/c1-12-3-8-15-16(9-12)23-22(19(15)29)25(18(28)11-32-22)20(30)24-17(27)10-31-21(24,2)13-4-6-14(26)7-5-13/h3-9,23,26H,10-11H2,1-2H3. The molecule has 164 valence electrons. The number of aryl methyl sites for hydroxylation is 1. The number of phenolic OH excluding ortho intramolecular Hbond substituents is 1. The quantitative estimate of drug-likeness (QED) is 0.656. The summed E-state index contributed by atoms with van der Waals surface area (Å²) in [4.78, 5) is 52.2. The second-order valence-electron chi connectivity index (χ2n) is 8.00. The molecule has 2 saturated heterocycles. The number of amides is 4. The van der Waals surface area contributed by atoms with Gasteiger partial charge in [-0.1, -0.05) is 30.0 Å². The van der Waals surface area contributed by atoms with E-state index in [1.807, 2.05) is 6.92 Å². The second kappa shape index (κ2) is 7.01. The number of ketones is 1. The van der Waals surface area contributed by atoms with Gasteiger partial charge in [-0.2, -0.15) is 0 Å². The van der Waals surface area contributed by atoms with Gasteiger partial charge in [0.2, 0.25) is 22.6 Å². The maximum Gasteiger partial charge on any atom is 0.337 e. The SMILES string of the molecule is Cc1ccc2c(c1)NC1(SCC(=O)N1C(=O)N1C(=O)CSC1(C)c1ccc(O)cc1)C2=O. The summed E-state index contributed by atoms with van der Waals surface area (Å²) in [6.07, 6.45) is 0. The number of urea groups is 1. The Kier molecular flexibility index (Phi) is 4.58. The van der Waals surface area contributed by atoms with Gasteiger partial charge in [-0.3, -0.25) is 14.4 Å². The molecule has 5 rings (SSSR count). The van der Waals surface area contributed by atoms with E-state index in [4.69, 9.17) is 0 Å². The van der Waals surface area contributed by atoms with Crippen molar-refractivity contribution in [2.75, 3.05) is 16.8 Å². The zero-order valence-electron chi connectivity index (χ0n) is 17.2. The van der Waals surface area contributed by atoms with Gasteiger partial charge in [0.05, 0.1) is 11.5 Å². The Bertz CT molecular complexity index is 1200. The lowest BCUT2D eigenvalue weighted by molar-refractivity contribution is -0.130. The smallest absolute Gasteiger partial charge is 0.337 e. The molecule has 2 aromatic rings. The van der Waals surface area contributed by atoms with E-state index in [-0.39, 0.29) is 23.0 Å². The van der Waals surface area contributed by atoms with Gasteiger partial charge in [0.1, 0.15) is 10.6 Å². The molecule has 3 aliphatic rings. The first-order valence-electron chi connectivity index (χ1n) is 9.88. The highest BCUT2D eigenvalue weighted by atomic mass is 32.2. The van der Waals surface area contributed by atoms with E-state index in [2.05, 4.69) is 5.32 Å². The molecule has 2 aromatic carbocycles. The largest absolute Gasteiger partial charge is 0.508 e. The van der Waals surface area contributed by atoms with Crippen LogP contribution in [0.3, 0.4) is 0 Å². The van der Waals surface area contributed by atoms with Crippen molar-refractivity contribution in [2.45, 2.75) is 23.7 Å². The van der Waals surface area contributed by atoms with Crippen LogP contribution in [0.25, 0.3) is 0 Å². The van der Waals surface area contributed by atoms with Gasteiger partial charge in [0.25, 0.3) is 0 Å². The molecular formula is C22H19N3O5S2. The molecule has 0 saturated carbocycles. The van der Waals surface area contributed by atoms with E-state index in [0.717, 1.165) is 27.1 Å². The maximum atomic E-state index is 13.8. The zero-order valence-corrected chi connectivity index (χ0v) is 18.9. The number of fused-ring (bicyclic) bond motifs is 1. The molecule has 2 unspecified atom stereocenters. The van der Waals surface area contributed by atoms with Gasteiger partial charge in [0, 0.05) is 11.3 Å². The van der Waals surface area contributed by atoms with Gasteiger partial charge in [-0.15, -0.1) is 11.8 Å². The average molecular weight is 470 g/mol. The Hall–Kier alpha value is -2.98. The summed E-state index contributed by atoms with van der Waals surface area (Å²) in [6.45, 7) is 3.60. The van der Waals surface area contributed by atoms with Crippen LogP contribution in [-0.4, -0.2) is 55.0 Å². The predicted octanol–water partition coefficient (Wildman–Crippen LogP) is 3.11. The van der Waals surface area contributed by atoms with Crippen molar-refractivity contribution in [1.82, 2.24) is 9.80 Å². The highest BCUT2D eigenvalue weighted by molar-refractivity contribution is 8.02. The van der Waals surface area contributed by atoms with Crippen molar-refractivity contribution in [3.8, 4) is 5.75 Å². The van der Waals surface area contributed by atoms with Crippen LogP contribution in [0, 0.1) is 6.92 Å². The molecule has 3 heterocycles. The molecule has 10 heteroatoms. The number of rotatable bonds is 1. The third-order valence-corrected chi connectivity index (χ3v) is 8.59. The summed E-state index contributed by atoms with van der Waals surface area (Å²) in [5.41, 5.74) is 2.51. The predicted molar refractivity (Wildman–Crippen MR) is 121 cm³/mol. The third kappa shape index (κ3) is 2.79. The zero-order chi connectivity index (χ0) is 22.8. The second-order valence-corrected chi connectivity index (χ2v) is 10.5. The van der Waals surface area contributed by atoms with Gasteiger partial charge in [-0.25, -0.2) is 14.6 Å². The van der Waals surface area contributed by atoms with E-state index >= 15 is 0 Å². The van der Waals surface area contributed by atoms with Crippen molar-refractivity contribution < 1.29 is 24.3 Å². The molecule has 8 nitrogen and oxygen atoms in total. The van der Waals surface area contributed by atoms with Gasteiger partial charge >= 0.3 is 6.03 Å². The normalized spacial score (nSPS) is 26.8. The first-order valence-corrected chi connectivity index (χ1v) is 11.9. The Morgan fingerprint density at radius 1 is 1.00 bits per heavy atom. The molecule has 0 aliphatic carbocycles. The maximum absolute atomic E-state index is 13.8. The van der Waals surface area contributed by atoms with Crippen LogP contribution in [0.2, 0.25) is 0 Å². The molecule has 4 amide bonds. The monoisotopic (exact) mass is 469 g/mol. The van der Waals surface area contributed by atoms with Crippen molar-refractivity contribution in [3.63, 3.8) is 0 Å².